The maximum absolute atomic E-state index is 9.26. The summed E-state index contributed by atoms with van der Waals surface area (Å²) in [5.41, 5.74) is 0. The van der Waals surface area contributed by atoms with Crippen molar-refractivity contribution in [3.05, 3.63) is 0 Å². The lowest BCUT2D eigenvalue weighted by Gasteiger charge is -2.49. The highest BCUT2D eigenvalue weighted by Crippen LogP contribution is 2.44. The van der Waals surface area contributed by atoms with Gasteiger partial charge in [0, 0.05) is 0 Å². The Morgan fingerprint density at radius 3 is 1.60 bits per heavy atom. The van der Waals surface area contributed by atoms with Crippen LogP contribution in [0, 0.1) is 11.8 Å². The number of aliphatic hydroxyl groups excluding tert-OH is 2. The second-order valence-corrected chi connectivity index (χ2v) is 3.59. The third kappa shape index (κ3) is 0.722. The van der Waals surface area contributed by atoms with Gasteiger partial charge in [0.05, 0.1) is 12.2 Å². The van der Waals surface area contributed by atoms with Crippen LogP contribution in [0.25, 0.3) is 0 Å². The van der Waals surface area contributed by atoms with Crippen LogP contribution in [-0.2, 0) is 0 Å². The van der Waals surface area contributed by atoms with Crippen LogP contribution in [0.3, 0.4) is 0 Å². The van der Waals surface area contributed by atoms with E-state index in [0.717, 1.165) is 12.8 Å². The molecule has 0 saturated heterocycles. The summed E-state index contributed by atoms with van der Waals surface area (Å²) in [5.74, 6) is 0.868. The molecule has 0 aromatic carbocycles. The van der Waals surface area contributed by atoms with Gasteiger partial charge in [0.25, 0.3) is 0 Å². The molecule has 2 saturated carbocycles. The predicted molar refractivity (Wildman–Crippen MR) is 37.5 cm³/mol. The molecule has 2 N–H and O–H groups in total. The highest BCUT2D eigenvalue weighted by molar-refractivity contribution is 4.98. The van der Waals surface area contributed by atoms with Crippen molar-refractivity contribution in [2.75, 3.05) is 0 Å². The monoisotopic (exact) mass is 142 g/mol. The summed E-state index contributed by atoms with van der Waals surface area (Å²) in [6.45, 7) is 0. The molecule has 0 heterocycles. The van der Waals surface area contributed by atoms with Gasteiger partial charge >= 0.3 is 0 Å². The number of aliphatic hydroxyl groups is 2. The molecule has 0 aliphatic heterocycles. The molecule has 0 radical (unpaired) electrons. The molecule has 10 heavy (non-hydrogen) atoms. The Morgan fingerprint density at radius 1 is 0.800 bits per heavy atom. The van der Waals surface area contributed by atoms with Gasteiger partial charge in [0.15, 0.2) is 0 Å². The average Bonchev–Trinajstić information content (AvgIpc) is 2.03. The van der Waals surface area contributed by atoms with Crippen LogP contribution in [0.15, 0.2) is 0 Å². The summed E-state index contributed by atoms with van der Waals surface area (Å²) in [4.78, 5) is 0. The molecule has 2 rings (SSSR count). The first-order valence-electron chi connectivity index (χ1n) is 4.17. The number of fused-ring (bicyclic) bond motifs is 1. The molecule has 0 aromatic heterocycles. The Hall–Kier alpha value is -0.0800. The van der Waals surface area contributed by atoms with Gasteiger partial charge in [-0.3, -0.25) is 0 Å². The maximum Gasteiger partial charge on any atom is 0.0833 e. The van der Waals surface area contributed by atoms with E-state index in [0.29, 0.717) is 11.8 Å². The number of hydrogen-bond donors (Lipinski definition) is 2. The lowest BCUT2D eigenvalue weighted by Crippen LogP contribution is -2.56. The molecule has 2 aliphatic carbocycles. The summed E-state index contributed by atoms with van der Waals surface area (Å²) in [6.07, 6.45) is 3.94. The minimum absolute atomic E-state index is 0.398. The minimum atomic E-state index is -0.398. The maximum atomic E-state index is 9.26. The van der Waals surface area contributed by atoms with Crippen molar-refractivity contribution in [1.82, 2.24) is 0 Å². The molecule has 2 heteroatoms. The molecule has 0 amide bonds. The highest BCUT2D eigenvalue weighted by atomic mass is 16.3. The molecule has 0 bridgehead atoms. The molecule has 0 unspecified atom stereocenters. The van der Waals surface area contributed by atoms with Gasteiger partial charge in [-0.25, -0.2) is 0 Å². The van der Waals surface area contributed by atoms with E-state index in [-0.39, 0.29) is 0 Å². The summed E-state index contributed by atoms with van der Waals surface area (Å²) in [7, 11) is 0. The highest BCUT2D eigenvalue weighted by Gasteiger charge is 2.48. The zero-order valence-corrected chi connectivity index (χ0v) is 6.03. The van der Waals surface area contributed by atoms with Gasteiger partial charge in [0.2, 0.25) is 0 Å². The van der Waals surface area contributed by atoms with Crippen molar-refractivity contribution in [3.63, 3.8) is 0 Å². The van der Waals surface area contributed by atoms with Crippen molar-refractivity contribution >= 4 is 0 Å². The number of rotatable bonds is 0. The summed E-state index contributed by atoms with van der Waals surface area (Å²) < 4.78 is 0. The van der Waals surface area contributed by atoms with Crippen molar-refractivity contribution in [1.29, 1.82) is 0 Å². The van der Waals surface area contributed by atoms with Gasteiger partial charge < -0.3 is 10.2 Å². The third-order valence-electron chi connectivity index (χ3n) is 3.10. The largest absolute Gasteiger partial charge is 0.390 e. The van der Waals surface area contributed by atoms with E-state index in [2.05, 4.69) is 0 Å². The molecule has 2 aliphatic rings. The first-order valence-corrected chi connectivity index (χ1v) is 4.17. The topological polar surface area (TPSA) is 40.5 Å². The Balaban J connectivity index is 2.00. The molecular weight excluding hydrogens is 128 g/mol. The van der Waals surface area contributed by atoms with Gasteiger partial charge in [-0.2, -0.15) is 0 Å². The molecule has 0 aromatic rings. The van der Waals surface area contributed by atoms with Crippen molar-refractivity contribution in [2.24, 2.45) is 11.8 Å². The Kier molecular flexibility index (Phi) is 1.46. The summed E-state index contributed by atoms with van der Waals surface area (Å²) >= 11 is 0. The normalized spacial score (nSPS) is 53.4. The fraction of sp³-hybridized carbons (Fsp3) is 1.00. The van der Waals surface area contributed by atoms with E-state index in [4.69, 9.17) is 0 Å². The van der Waals surface area contributed by atoms with Gasteiger partial charge in [-0.1, -0.05) is 12.8 Å². The van der Waals surface area contributed by atoms with E-state index in [9.17, 15) is 10.2 Å². The molecule has 2 nitrogen and oxygen atoms in total. The predicted octanol–water partition coefficient (Wildman–Crippen LogP) is 0.528. The fourth-order valence-electron chi connectivity index (χ4n) is 2.40. The summed E-state index contributed by atoms with van der Waals surface area (Å²) in [6, 6.07) is 0. The van der Waals surface area contributed by atoms with Crippen LogP contribution >= 0.6 is 0 Å². The van der Waals surface area contributed by atoms with Crippen molar-refractivity contribution in [3.8, 4) is 0 Å². The zero-order chi connectivity index (χ0) is 7.14. The first kappa shape index (κ1) is 6.62. The lowest BCUT2D eigenvalue weighted by molar-refractivity contribution is -0.168. The van der Waals surface area contributed by atoms with Crippen molar-refractivity contribution < 1.29 is 10.2 Å². The quantitative estimate of drug-likeness (QED) is 0.518. The van der Waals surface area contributed by atoms with E-state index in [1.165, 1.54) is 12.8 Å². The second-order valence-electron chi connectivity index (χ2n) is 3.59. The lowest BCUT2D eigenvalue weighted by atomic mass is 9.61. The van der Waals surface area contributed by atoms with E-state index >= 15 is 0 Å². The van der Waals surface area contributed by atoms with Crippen LogP contribution in [0.2, 0.25) is 0 Å². The molecule has 4 atom stereocenters. The Labute approximate surface area is 60.9 Å². The third-order valence-corrected chi connectivity index (χ3v) is 3.10. The fourth-order valence-corrected chi connectivity index (χ4v) is 2.40. The van der Waals surface area contributed by atoms with Crippen LogP contribution in [0.1, 0.15) is 25.7 Å². The number of hydrogen-bond acceptors (Lipinski definition) is 2. The van der Waals surface area contributed by atoms with Gasteiger partial charge in [-0.05, 0) is 24.7 Å². The second kappa shape index (κ2) is 2.21. The Morgan fingerprint density at radius 2 is 1.20 bits per heavy atom. The van der Waals surface area contributed by atoms with Crippen LogP contribution in [0.5, 0.6) is 0 Å². The molecular formula is C8H14O2. The van der Waals surface area contributed by atoms with Crippen molar-refractivity contribution in [2.45, 2.75) is 37.9 Å². The van der Waals surface area contributed by atoms with E-state index < -0.39 is 12.2 Å². The standard InChI is InChI=1S/C8H14O2/c9-7-5-3-1-2-4-6(5)8(7)10/h5-10H,1-4H2/t5-,6-,7-,8+/m1/s1. The summed E-state index contributed by atoms with van der Waals surface area (Å²) in [5, 5.41) is 18.5. The van der Waals surface area contributed by atoms with Gasteiger partial charge in [-0.15, -0.1) is 0 Å². The molecule has 2 fully saturated rings. The Bertz CT molecular complexity index is 119. The SMILES string of the molecule is O[C@@H]1[C@H](O)[C@@H]2CCCC[C@@H]12. The van der Waals surface area contributed by atoms with E-state index in [1.807, 2.05) is 0 Å². The minimum Gasteiger partial charge on any atom is -0.390 e. The van der Waals surface area contributed by atoms with Gasteiger partial charge in [0.1, 0.15) is 0 Å². The molecule has 0 spiro atoms. The zero-order valence-electron chi connectivity index (χ0n) is 6.03. The average molecular weight is 142 g/mol. The van der Waals surface area contributed by atoms with Crippen LogP contribution < -0.4 is 0 Å². The van der Waals surface area contributed by atoms with Crippen LogP contribution in [-0.4, -0.2) is 22.4 Å². The van der Waals surface area contributed by atoms with Crippen LogP contribution in [0.4, 0.5) is 0 Å². The van der Waals surface area contributed by atoms with E-state index in [1.54, 1.807) is 0 Å². The molecule has 58 valence electrons. The first-order chi connectivity index (χ1) is 4.80. The smallest absolute Gasteiger partial charge is 0.0833 e.